The van der Waals surface area contributed by atoms with E-state index in [0.29, 0.717) is 44.7 Å². The van der Waals surface area contributed by atoms with E-state index in [1.54, 1.807) is 12.3 Å². The van der Waals surface area contributed by atoms with Gasteiger partial charge in [-0.3, -0.25) is 4.79 Å². The number of ether oxygens (including phenoxy) is 2. The average molecular weight is 470 g/mol. The van der Waals surface area contributed by atoms with E-state index in [0.717, 1.165) is 31.5 Å². The zero-order chi connectivity index (χ0) is 24.3. The van der Waals surface area contributed by atoms with Crippen molar-refractivity contribution in [2.75, 3.05) is 37.6 Å². The van der Waals surface area contributed by atoms with Gasteiger partial charge in [0.15, 0.2) is 0 Å². The van der Waals surface area contributed by atoms with Crippen LogP contribution >= 0.6 is 0 Å². The highest BCUT2D eigenvalue weighted by Gasteiger charge is 2.41. The van der Waals surface area contributed by atoms with E-state index < -0.39 is 5.60 Å². The Morgan fingerprint density at radius 1 is 1.15 bits per heavy atom. The van der Waals surface area contributed by atoms with E-state index in [1.165, 1.54) is 0 Å². The summed E-state index contributed by atoms with van der Waals surface area (Å²) in [6.07, 6.45) is 5.11. The Balaban J connectivity index is 1.24. The van der Waals surface area contributed by atoms with E-state index in [9.17, 15) is 9.59 Å². The Hall–Kier alpha value is -2.86. The maximum atomic E-state index is 12.9. The summed E-state index contributed by atoms with van der Waals surface area (Å²) in [7, 11) is 0. The lowest BCUT2D eigenvalue weighted by Crippen LogP contribution is -2.49. The number of amides is 2. The molecule has 1 aromatic heterocycles. The fourth-order valence-electron chi connectivity index (χ4n) is 5.04. The van der Waals surface area contributed by atoms with Gasteiger partial charge >= 0.3 is 6.09 Å². The first-order valence-corrected chi connectivity index (χ1v) is 12.3. The third kappa shape index (κ3) is 5.79. The van der Waals surface area contributed by atoms with E-state index >= 15 is 0 Å². The van der Waals surface area contributed by atoms with Crippen LogP contribution in [0.1, 0.15) is 58.4 Å². The van der Waals surface area contributed by atoms with Crippen molar-refractivity contribution in [2.24, 2.45) is 0 Å². The zero-order valence-corrected chi connectivity index (χ0v) is 20.4. The largest absolute Gasteiger partial charge is 0.444 e. The van der Waals surface area contributed by atoms with Gasteiger partial charge in [0.05, 0.1) is 30.2 Å². The number of carbonyl (C=O) groups is 2. The van der Waals surface area contributed by atoms with E-state index in [4.69, 9.17) is 14.7 Å². The molecule has 4 rings (SSSR count). The van der Waals surface area contributed by atoms with Crippen molar-refractivity contribution in [1.29, 1.82) is 5.26 Å². The van der Waals surface area contributed by atoms with Crippen molar-refractivity contribution >= 4 is 17.8 Å². The third-order valence-corrected chi connectivity index (χ3v) is 6.73. The van der Waals surface area contributed by atoms with E-state index in [1.807, 2.05) is 36.6 Å². The van der Waals surface area contributed by atoms with Gasteiger partial charge in [0.25, 0.3) is 0 Å². The number of pyridine rings is 1. The molecule has 3 fully saturated rings. The van der Waals surface area contributed by atoms with Crippen molar-refractivity contribution in [3.8, 4) is 6.07 Å². The molecule has 0 bridgehead atoms. The monoisotopic (exact) mass is 469 g/mol. The Kier molecular flexibility index (Phi) is 7.27. The van der Waals surface area contributed by atoms with Crippen LogP contribution in [0, 0.1) is 11.3 Å². The second kappa shape index (κ2) is 10.2. The van der Waals surface area contributed by atoms with Gasteiger partial charge in [-0.25, -0.2) is 9.78 Å². The van der Waals surface area contributed by atoms with Crippen LogP contribution in [0.25, 0.3) is 0 Å². The number of hydrogen-bond acceptors (Lipinski definition) is 7. The lowest BCUT2D eigenvalue weighted by atomic mass is 10.0. The topological polar surface area (TPSA) is 99.0 Å². The number of rotatable bonds is 4. The van der Waals surface area contributed by atoms with Gasteiger partial charge in [0.2, 0.25) is 5.91 Å². The number of carbonyl (C=O) groups excluding carboxylic acids is 2. The van der Waals surface area contributed by atoms with Crippen molar-refractivity contribution in [3.05, 3.63) is 23.9 Å². The number of likely N-dealkylation sites (tertiary alicyclic amines) is 1. The molecule has 1 aromatic rings. The molecule has 0 N–H and O–H groups in total. The quantitative estimate of drug-likeness (QED) is 0.668. The summed E-state index contributed by atoms with van der Waals surface area (Å²) >= 11 is 0. The third-order valence-electron chi connectivity index (χ3n) is 6.73. The van der Waals surface area contributed by atoms with Gasteiger partial charge < -0.3 is 24.2 Å². The fourth-order valence-corrected chi connectivity index (χ4v) is 5.04. The van der Waals surface area contributed by atoms with Crippen molar-refractivity contribution in [2.45, 2.75) is 76.7 Å². The number of nitrogens with zero attached hydrogens (tertiary/aromatic N) is 5. The minimum atomic E-state index is -0.518. The number of hydrogen-bond donors (Lipinski definition) is 0. The van der Waals surface area contributed by atoms with Gasteiger partial charge in [-0.05, 0) is 58.6 Å². The summed E-state index contributed by atoms with van der Waals surface area (Å²) in [6.45, 7) is 9.05. The maximum absolute atomic E-state index is 12.9. The molecule has 3 atom stereocenters. The van der Waals surface area contributed by atoms with Crippen LogP contribution in [0.2, 0.25) is 0 Å². The van der Waals surface area contributed by atoms with Crippen molar-refractivity contribution in [1.82, 2.24) is 14.8 Å². The van der Waals surface area contributed by atoms with Gasteiger partial charge in [0, 0.05) is 38.9 Å². The summed E-state index contributed by atoms with van der Waals surface area (Å²) in [4.78, 5) is 35.8. The number of nitriles is 1. The summed E-state index contributed by atoms with van der Waals surface area (Å²) in [5.41, 5.74) is 0.0230. The van der Waals surface area contributed by atoms with Crippen molar-refractivity contribution < 1.29 is 19.1 Å². The molecule has 0 saturated carbocycles. The lowest BCUT2D eigenvalue weighted by molar-refractivity contribution is -0.134. The second-order valence-corrected chi connectivity index (χ2v) is 10.3. The molecule has 4 heterocycles. The molecule has 9 heteroatoms. The minimum Gasteiger partial charge on any atom is -0.444 e. The fraction of sp³-hybridized carbons (Fsp3) is 0.680. The standard InChI is InChI=1S/C25H35N5O4/c1-25(2,3)34-24(32)30-10-4-5-20(30)21-8-7-19(33-21)15-23(31)29-13-11-28(12-14-29)22-9-6-18(16-26)17-27-22/h6,9,17,19-21H,4-5,7-8,10-15H2,1-3H3/t19?,20-,21?/m0/s1. The van der Waals surface area contributed by atoms with E-state index in [2.05, 4.69) is 16.0 Å². The minimum absolute atomic E-state index is 0.0263. The molecule has 9 nitrogen and oxygen atoms in total. The van der Waals surface area contributed by atoms with Crippen LogP contribution in [0.3, 0.4) is 0 Å². The first-order valence-electron chi connectivity index (χ1n) is 12.3. The van der Waals surface area contributed by atoms with E-state index in [-0.39, 0.29) is 30.3 Å². The van der Waals surface area contributed by atoms with Gasteiger partial charge in [-0.1, -0.05) is 0 Å². The predicted molar refractivity (Wildman–Crippen MR) is 126 cm³/mol. The molecule has 2 amide bonds. The van der Waals surface area contributed by atoms with Gasteiger partial charge in [-0.2, -0.15) is 5.26 Å². The predicted octanol–water partition coefficient (Wildman–Crippen LogP) is 2.94. The molecular weight excluding hydrogens is 434 g/mol. The summed E-state index contributed by atoms with van der Waals surface area (Å²) in [6, 6.07) is 5.73. The van der Waals surface area contributed by atoms with Crippen LogP contribution in [-0.4, -0.2) is 83.4 Å². The number of piperazine rings is 1. The Morgan fingerprint density at radius 2 is 1.91 bits per heavy atom. The van der Waals surface area contributed by atoms with Crippen LogP contribution in [0.4, 0.5) is 10.6 Å². The maximum Gasteiger partial charge on any atom is 0.410 e. The molecular formula is C25H35N5O4. The Labute approximate surface area is 201 Å². The van der Waals surface area contributed by atoms with Crippen LogP contribution in [-0.2, 0) is 14.3 Å². The number of aromatic nitrogens is 1. The molecule has 0 spiro atoms. The highest BCUT2D eigenvalue weighted by Crippen LogP contribution is 2.33. The molecule has 0 radical (unpaired) electrons. The molecule has 0 aliphatic carbocycles. The van der Waals surface area contributed by atoms with Crippen LogP contribution in [0.15, 0.2) is 18.3 Å². The first-order chi connectivity index (χ1) is 16.2. The normalized spacial score (nSPS) is 25.4. The van der Waals surface area contributed by atoms with Gasteiger partial charge in [-0.15, -0.1) is 0 Å². The summed E-state index contributed by atoms with van der Waals surface area (Å²) in [5.74, 6) is 0.952. The smallest absolute Gasteiger partial charge is 0.410 e. The number of anilines is 1. The van der Waals surface area contributed by atoms with Crippen LogP contribution in [0.5, 0.6) is 0 Å². The molecule has 184 valence electrons. The molecule has 3 aliphatic rings. The molecule has 0 aromatic carbocycles. The van der Waals surface area contributed by atoms with Crippen molar-refractivity contribution in [3.63, 3.8) is 0 Å². The summed E-state index contributed by atoms with van der Waals surface area (Å²) in [5, 5.41) is 8.93. The second-order valence-electron chi connectivity index (χ2n) is 10.3. The Morgan fingerprint density at radius 3 is 2.56 bits per heavy atom. The molecule has 2 unspecified atom stereocenters. The SMILES string of the molecule is CC(C)(C)OC(=O)N1CCC[C@H]1C1CCC(CC(=O)N2CCN(c3ccc(C#N)cn3)CC2)O1. The first kappa shape index (κ1) is 24.3. The molecule has 3 aliphatic heterocycles. The molecule has 3 saturated heterocycles. The van der Waals surface area contributed by atoms with Crippen LogP contribution < -0.4 is 4.90 Å². The molecule has 34 heavy (non-hydrogen) atoms. The zero-order valence-electron chi connectivity index (χ0n) is 20.4. The average Bonchev–Trinajstić information content (AvgIpc) is 3.48. The lowest BCUT2D eigenvalue weighted by Gasteiger charge is -2.36. The Bertz CT molecular complexity index is 915. The summed E-state index contributed by atoms with van der Waals surface area (Å²) < 4.78 is 11.9. The highest BCUT2D eigenvalue weighted by molar-refractivity contribution is 5.77. The highest BCUT2D eigenvalue weighted by atomic mass is 16.6. The van der Waals surface area contributed by atoms with Gasteiger partial charge in [0.1, 0.15) is 17.5 Å².